The number of rotatable bonds is 5. The number of hydrogen-bond donors (Lipinski definition) is 1. The van der Waals surface area contributed by atoms with Crippen LogP contribution in [0.5, 0.6) is 0 Å². The lowest BCUT2D eigenvalue weighted by molar-refractivity contribution is -0.118. The third kappa shape index (κ3) is 3.99. The molecule has 1 saturated carbocycles. The Labute approximate surface area is 181 Å². The number of amides is 1. The summed E-state index contributed by atoms with van der Waals surface area (Å²) >= 11 is 0. The lowest BCUT2D eigenvalue weighted by atomic mass is 9.92. The first-order valence-electron chi connectivity index (χ1n) is 10.7. The zero-order valence-electron chi connectivity index (χ0n) is 17.4. The van der Waals surface area contributed by atoms with E-state index in [-0.39, 0.29) is 17.2 Å². The standard InChI is InChI=1S/C22H25N5O3S/c1-14-4-2-3-5-18(14)19-12-15-13-23-22(26-20(15)25-21(19)28)24-16-8-10-27(11-9-16)31(29,30)17-6-7-17/h2-5,12-13,16-17,19H,6-11H2,1H3,(H,24,25,26,28). The molecular formula is C22H25N5O3S. The summed E-state index contributed by atoms with van der Waals surface area (Å²) in [6.45, 7) is 3.00. The Bertz CT molecular complexity index is 1250. The van der Waals surface area contributed by atoms with Gasteiger partial charge in [-0.3, -0.25) is 4.79 Å². The Morgan fingerprint density at radius 1 is 1.10 bits per heavy atom. The summed E-state index contributed by atoms with van der Waals surface area (Å²) in [5.41, 5.74) is 2.36. The van der Waals surface area contributed by atoms with Gasteiger partial charge in [0.2, 0.25) is 16.0 Å². The monoisotopic (exact) mass is 439 g/mol. The largest absolute Gasteiger partial charge is 0.351 e. The van der Waals surface area contributed by atoms with Crippen LogP contribution in [0, 0.1) is 6.92 Å². The van der Waals surface area contributed by atoms with Gasteiger partial charge >= 0.3 is 0 Å². The van der Waals surface area contributed by atoms with Crippen LogP contribution in [0.1, 0.15) is 42.7 Å². The van der Waals surface area contributed by atoms with Crippen LogP contribution in [-0.2, 0) is 14.8 Å². The number of benzene rings is 1. The van der Waals surface area contributed by atoms with E-state index in [1.807, 2.05) is 37.3 Å². The summed E-state index contributed by atoms with van der Waals surface area (Å²) in [6.07, 6.45) is 6.53. The maximum Gasteiger partial charge on any atom is 0.259 e. The molecule has 0 radical (unpaired) electrons. The predicted molar refractivity (Wildman–Crippen MR) is 116 cm³/mol. The fourth-order valence-corrected chi connectivity index (χ4v) is 6.13. The van der Waals surface area contributed by atoms with Crippen LogP contribution >= 0.6 is 0 Å². The highest BCUT2D eigenvalue weighted by atomic mass is 32.2. The van der Waals surface area contributed by atoms with Gasteiger partial charge in [0.25, 0.3) is 5.91 Å². The van der Waals surface area contributed by atoms with Crippen molar-refractivity contribution in [2.45, 2.75) is 49.8 Å². The van der Waals surface area contributed by atoms with Gasteiger partial charge in [-0.2, -0.15) is 9.98 Å². The van der Waals surface area contributed by atoms with Crippen molar-refractivity contribution in [3.8, 4) is 0 Å². The van der Waals surface area contributed by atoms with Gasteiger partial charge in [-0.1, -0.05) is 30.3 Å². The van der Waals surface area contributed by atoms with Crippen molar-refractivity contribution in [2.24, 2.45) is 4.99 Å². The molecule has 1 saturated heterocycles. The number of sulfonamides is 1. The number of carbonyl (C=O) groups excluding carboxylic acids is 1. The summed E-state index contributed by atoms with van der Waals surface area (Å²) in [4.78, 5) is 25.7. The van der Waals surface area contributed by atoms with Gasteiger partial charge in [0.05, 0.1) is 11.2 Å². The van der Waals surface area contributed by atoms with Crippen LogP contribution in [0.25, 0.3) is 6.08 Å². The summed E-state index contributed by atoms with van der Waals surface area (Å²) in [5.74, 6) is -0.236. The maximum absolute atomic E-state index is 12.7. The molecule has 1 aromatic heterocycles. The maximum atomic E-state index is 12.7. The normalized spacial score (nSPS) is 22.4. The van der Waals surface area contributed by atoms with E-state index < -0.39 is 15.9 Å². The number of hydrogen-bond acceptors (Lipinski definition) is 6. The van der Waals surface area contributed by atoms with Crippen molar-refractivity contribution in [2.75, 3.05) is 18.4 Å². The molecular weight excluding hydrogens is 414 g/mol. The molecule has 1 unspecified atom stereocenters. The SMILES string of the molecule is Cc1ccccc1C1C=c2cnc(NC3CCN(S(=O)(=O)C4CC4)CC3)nc2=NC1=O. The first kappa shape index (κ1) is 20.3. The van der Waals surface area contributed by atoms with Crippen molar-refractivity contribution in [3.05, 3.63) is 52.3 Å². The van der Waals surface area contributed by atoms with Gasteiger partial charge in [0.15, 0.2) is 5.49 Å². The van der Waals surface area contributed by atoms with E-state index in [1.165, 1.54) is 0 Å². The molecule has 1 aliphatic carbocycles. The second-order valence-electron chi connectivity index (χ2n) is 8.49. The van der Waals surface area contributed by atoms with E-state index >= 15 is 0 Å². The Morgan fingerprint density at radius 2 is 1.84 bits per heavy atom. The minimum atomic E-state index is -3.12. The second kappa shape index (κ2) is 7.80. The number of aromatic nitrogens is 2. The molecule has 2 aromatic rings. The van der Waals surface area contributed by atoms with Crippen LogP contribution in [0.4, 0.5) is 5.95 Å². The van der Waals surface area contributed by atoms with E-state index in [2.05, 4.69) is 20.3 Å². The Kier molecular flexibility index (Phi) is 5.10. The average molecular weight is 440 g/mol. The van der Waals surface area contributed by atoms with E-state index in [9.17, 15) is 13.2 Å². The van der Waals surface area contributed by atoms with Gasteiger partial charge < -0.3 is 5.32 Å². The van der Waals surface area contributed by atoms with Gasteiger partial charge in [-0.15, -0.1) is 0 Å². The molecule has 1 N–H and O–H groups in total. The predicted octanol–water partition coefficient (Wildman–Crippen LogP) is 0.878. The Morgan fingerprint density at radius 3 is 2.55 bits per heavy atom. The molecule has 2 fully saturated rings. The smallest absolute Gasteiger partial charge is 0.259 e. The summed E-state index contributed by atoms with van der Waals surface area (Å²) < 4.78 is 26.4. The number of nitrogens with one attached hydrogen (secondary N) is 1. The van der Waals surface area contributed by atoms with E-state index in [1.54, 1.807) is 10.5 Å². The Hall–Kier alpha value is -2.65. The molecule has 5 rings (SSSR count). The molecule has 2 aliphatic heterocycles. The summed E-state index contributed by atoms with van der Waals surface area (Å²) in [6, 6.07) is 7.89. The van der Waals surface area contributed by atoms with Gasteiger partial charge in [0.1, 0.15) is 0 Å². The highest BCUT2D eigenvalue weighted by Crippen LogP contribution is 2.32. The van der Waals surface area contributed by atoms with Crippen molar-refractivity contribution in [1.29, 1.82) is 0 Å². The number of aryl methyl sites for hydroxylation is 1. The minimum Gasteiger partial charge on any atom is -0.351 e. The molecule has 1 atom stereocenters. The quantitative estimate of drug-likeness (QED) is 0.742. The summed E-state index contributed by atoms with van der Waals surface area (Å²) in [7, 11) is -3.12. The van der Waals surface area contributed by atoms with Gasteiger partial charge in [-0.25, -0.2) is 17.7 Å². The third-order valence-corrected chi connectivity index (χ3v) is 8.64. The molecule has 3 heterocycles. The molecule has 0 spiro atoms. The second-order valence-corrected chi connectivity index (χ2v) is 10.7. The third-order valence-electron chi connectivity index (χ3n) is 6.24. The molecule has 1 aromatic carbocycles. The van der Waals surface area contributed by atoms with Gasteiger partial charge in [-0.05, 0) is 43.7 Å². The van der Waals surface area contributed by atoms with Crippen molar-refractivity contribution in [1.82, 2.24) is 14.3 Å². The first-order chi connectivity index (χ1) is 14.9. The zero-order chi connectivity index (χ0) is 21.6. The van der Waals surface area contributed by atoms with E-state index in [0.29, 0.717) is 37.4 Å². The summed E-state index contributed by atoms with van der Waals surface area (Å²) in [5, 5.41) is 3.86. The fourth-order valence-electron chi connectivity index (χ4n) is 4.26. The van der Waals surface area contributed by atoms with Crippen LogP contribution < -0.4 is 16.0 Å². The number of anilines is 1. The van der Waals surface area contributed by atoms with E-state index in [4.69, 9.17) is 0 Å². The fraction of sp³-hybridized carbons (Fsp3) is 0.455. The van der Waals surface area contributed by atoms with Crippen LogP contribution in [0.15, 0.2) is 35.5 Å². The number of fused-ring (bicyclic) bond motifs is 1. The van der Waals surface area contributed by atoms with Crippen molar-refractivity contribution >= 4 is 28.0 Å². The number of carbonyl (C=O) groups is 1. The lowest BCUT2D eigenvalue weighted by Crippen LogP contribution is -2.44. The molecule has 0 bridgehead atoms. The highest BCUT2D eigenvalue weighted by molar-refractivity contribution is 7.90. The Balaban J connectivity index is 1.30. The van der Waals surface area contributed by atoms with Crippen molar-refractivity contribution in [3.63, 3.8) is 0 Å². The topological polar surface area (TPSA) is 105 Å². The van der Waals surface area contributed by atoms with Gasteiger partial charge in [0, 0.05) is 30.5 Å². The zero-order valence-corrected chi connectivity index (χ0v) is 18.2. The number of nitrogens with zero attached hydrogens (tertiary/aromatic N) is 4. The van der Waals surface area contributed by atoms with Crippen LogP contribution in [-0.4, -0.2) is 53.0 Å². The van der Waals surface area contributed by atoms with E-state index in [0.717, 1.165) is 29.2 Å². The first-order valence-corrected chi connectivity index (χ1v) is 12.2. The van der Waals surface area contributed by atoms with Crippen LogP contribution in [0.2, 0.25) is 0 Å². The molecule has 162 valence electrons. The lowest BCUT2D eigenvalue weighted by Gasteiger charge is -2.31. The molecule has 31 heavy (non-hydrogen) atoms. The molecule has 1 amide bonds. The molecule has 9 heteroatoms. The highest BCUT2D eigenvalue weighted by Gasteiger charge is 2.41. The van der Waals surface area contributed by atoms with Crippen LogP contribution in [0.3, 0.4) is 0 Å². The number of piperidine rings is 1. The van der Waals surface area contributed by atoms with Crippen molar-refractivity contribution < 1.29 is 13.2 Å². The minimum absolute atomic E-state index is 0.0895. The molecule has 8 nitrogen and oxygen atoms in total. The molecule has 3 aliphatic rings. The average Bonchev–Trinajstić information content (AvgIpc) is 3.60.